The first-order valence-corrected chi connectivity index (χ1v) is 12.0. The highest BCUT2D eigenvalue weighted by molar-refractivity contribution is 7.92. The molecule has 7 nitrogen and oxygen atoms in total. The third-order valence-corrected chi connectivity index (χ3v) is 6.97. The second-order valence-corrected chi connectivity index (χ2v) is 9.36. The van der Waals surface area contributed by atoms with Gasteiger partial charge in [0.25, 0.3) is 15.9 Å². The predicted octanol–water partition coefficient (Wildman–Crippen LogP) is 3.74. The number of nitrogens with zero attached hydrogens (tertiary/aromatic N) is 2. The van der Waals surface area contributed by atoms with E-state index in [1.54, 1.807) is 12.0 Å². The molecule has 1 fully saturated rings. The van der Waals surface area contributed by atoms with Crippen molar-refractivity contribution in [2.75, 3.05) is 42.9 Å². The van der Waals surface area contributed by atoms with Crippen molar-refractivity contribution < 1.29 is 26.7 Å². The molecule has 0 unspecified atom stereocenters. The number of sulfonamides is 1. The van der Waals surface area contributed by atoms with Gasteiger partial charge in [-0.15, -0.1) is 0 Å². The first kappa shape index (κ1) is 23.5. The average molecular weight is 488 g/mol. The van der Waals surface area contributed by atoms with Gasteiger partial charge in [0.15, 0.2) is 0 Å². The monoisotopic (exact) mass is 487 g/mol. The van der Waals surface area contributed by atoms with Gasteiger partial charge in [-0.1, -0.05) is 12.1 Å². The van der Waals surface area contributed by atoms with Crippen LogP contribution in [0.4, 0.5) is 20.2 Å². The third-order valence-electron chi connectivity index (χ3n) is 5.56. The molecule has 34 heavy (non-hydrogen) atoms. The van der Waals surface area contributed by atoms with E-state index >= 15 is 0 Å². The maximum atomic E-state index is 13.9. The molecule has 0 radical (unpaired) electrons. The van der Waals surface area contributed by atoms with E-state index in [4.69, 9.17) is 4.74 Å². The van der Waals surface area contributed by atoms with Gasteiger partial charge < -0.3 is 14.5 Å². The van der Waals surface area contributed by atoms with Crippen LogP contribution in [0.2, 0.25) is 0 Å². The molecule has 1 saturated heterocycles. The summed E-state index contributed by atoms with van der Waals surface area (Å²) in [5.74, 6) is -1.45. The smallest absolute Gasteiger partial charge is 0.264 e. The van der Waals surface area contributed by atoms with E-state index in [1.807, 2.05) is 24.3 Å². The van der Waals surface area contributed by atoms with Crippen LogP contribution in [0.1, 0.15) is 10.4 Å². The first-order valence-electron chi connectivity index (χ1n) is 10.5. The molecule has 178 valence electrons. The van der Waals surface area contributed by atoms with Gasteiger partial charge in [0.1, 0.15) is 22.3 Å². The van der Waals surface area contributed by atoms with Crippen LogP contribution in [0.5, 0.6) is 5.75 Å². The third kappa shape index (κ3) is 4.96. The number of nitrogens with one attached hydrogen (secondary N) is 1. The Morgan fingerprint density at radius 2 is 1.62 bits per heavy atom. The quantitative estimate of drug-likeness (QED) is 0.573. The number of halogens is 2. The number of para-hydroxylation sites is 2. The fourth-order valence-corrected chi connectivity index (χ4v) is 4.93. The van der Waals surface area contributed by atoms with Crippen LogP contribution < -0.4 is 14.4 Å². The fourth-order valence-electron chi connectivity index (χ4n) is 3.81. The van der Waals surface area contributed by atoms with E-state index in [0.717, 1.165) is 23.6 Å². The van der Waals surface area contributed by atoms with Crippen molar-refractivity contribution in [1.82, 2.24) is 4.90 Å². The number of hydrogen-bond donors (Lipinski definition) is 1. The fraction of sp³-hybridized carbons (Fsp3) is 0.208. The summed E-state index contributed by atoms with van der Waals surface area (Å²) in [5.41, 5.74) is 1.54. The maximum Gasteiger partial charge on any atom is 0.264 e. The van der Waals surface area contributed by atoms with Crippen molar-refractivity contribution in [2.24, 2.45) is 0 Å². The summed E-state index contributed by atoms with van der Waals surface area (Å²) in [6.45, 7) is 2.34. The van der Waals surface area contributed by atoms with Crippen LogP contribution in [0.3, 0.4) is 0 Å². The lowest BCUT2D eigenvalue weighted by atomic mass is 10.1. The Morgan fingerprint density at radius 1 is 0.941 bits per heavy atom. The van der Waals surface area contributed by atoms with Crippen LogP contribution in [-0.4, -0.2) is 52.5 Å². The number of anilines is 2. The summed E-state index contributed by atoms with van der Waals surface area (Å²) >= 11 is 0. The molecule has 1 heterocycles. The van der Waals surface area contributed by atoms with Gasteiger partial charge in [0.2, 0.25) is 0 Å². The normalized spacial score (nSPS) is 14.1. The van der Waals surface area contributed by atoms with Gasteiger partial charge in [-0.2, -0.15) is 0 Å². The van der Waals surface area contributed by atoms with Crippen LogP contribution >= 0.6 is 0 Å². The molecule has 0 aliphatic carbocycles. The maximum absolute atomic E-state index is 13.9. The van der Waals surface area contributed by atoms with Crippen LogP contribution in [-0.2, 0) is 10.0 Å². The molecule has 1 amide bonds. The highest BCUT2D eigenvalue weighted by Crippen LogP contribution is 2.28. The number of benzene rings is 3. The number of amides is 1. The Balaban J connectivity index is 1.40. The zero-order chi connectivity index (χ0) is 24.3. The van der Waals surface area contributed by atoms with E-state index in [1.165, 1.54) is 24.3 Å². The van der Waals surface area contributed by atoms with Gasteiger partial charge in [-0.05, 0) is 48.5 Å². The zero-order valence-corrected chi connectivity index (χ0v) is 19.2. The lowest BCUT2D eigenvalue weighted by molar-refractivity contribution is 0.0746. The second kappa shape index (κ2) is 9.68. The Morgan fingerprint density at radius 3 is 2.26 bits per heavy atom. The van der Waals surface area contributed by atoms with E-state index in [-0.39, 0.29) is 11.6 Å². The number of methoxy groups -OCH3 is 1. The number of ether oxygens (including phenoxy) is 1. The molecule has 1 aliphatic heterocycles. The predicted molar refractivity (Wildman–Crippen MR) is 125 cm³/mol. The minimum atomic E-state index is -4.26. The molecule has 1 N–H and O–H groups in total. The summed E-state index contributed by atoms with van der Waals surface area (Å²) in [6, 6.07) is 15.8. The Labute approximate surface area is 196 Å². The molecule has 0 saturated carbocycles. The molecule has 0 spiro atoms. The standard InChI is InChI=1S/C24H23F2N3O4S/c1-33-22-5-3-2-4-21(22)28-12-14-29(15-13-28)24(30)17-6-9-19(10-7-17)27-34(31,32)23-11-8-18(25)16-20(23)26/h2-11,16,27H,12-15H2,1H3. The van der Waals surface area contributed by atoms with Crippen LogP contribution in [0, 0.1) is 11.6 Å². The largest absolute Gasteiger partial charge is 0.495 e. The molecule has 0 atom stereocenters. The van der Waals surface area contributed by atoms with Gasteiger partial charge in [0, 0.05) is 43.5 Å². The molecule has 10 heteroatoms. The molecular formula is C24H23F2N3O4S. The second-order valence-electron chi connectivity index (χ2n) is 7.71. The van der Waals surface area contributed by atoms with Gasteiger partial charge >= 0.3 is 0 Å². The first-order chi connectivity index (χ1) is 16.3. The highest BCUT2D eigenvalue weighted by Gasteiger charge is 2.24. The number of carbonyl (C=O) groups excluding carboxylic acids is 1. The molecular weight excluding hydrogens is 464 g/mol. The Hall–Kier alpha value is -3.66. The summed E-state index contributed by atoms with van der Waals surface area (Å²) in [5, 5.41) is 0. The topological polar surface area (TPSA) is 79.0 Å². The Kier molecular flexibility index (Phi) is 6.69. The van der Waals surface area contributed by atoms with Gasteiger partial charge in [0.05, 0.1) is 12.8 Å². The van der Waals surface area contributed by atoms with E-state index in [9.17, 15) is 22.0 Å². The number of hydrogen-bond acceptors (Lipinski definition) is 5. The molecule has 0 bridgehead atoms. The SMILES string of the molecule is COc1ccccc1N1CCN(C(=O)c2ccc(NS(=O)(=O)c3ccc(F)cc3F)cc2)CC1. The van der Waals surface area contributed by atoms with E-state index in [0.29, 0.717) is 37.8 Å². The van der Waals surface area contributed by atoms with Crippen molar-refractivity contribution >= 4 is 27.3 Å². The summed E-state index contributed by atoms with van der Waals surface area (Å²) in [6.07, 6.45) is 0. The van der Waals surface area contributed by atoms with Gasteiger partial charge in [-0.25, -0.2) is 17.2 Å². The molecule has 4 rings (SSSR count). The van der Waals surface area contributed by atoms with Gasteiger partial charge in [-0.3, -0.25) is 9.52 Å². The van der Waals surface area contributed by atoms with Crippen molar-refractivity contribution in [3.8, 4) is 5.75 Å². The van der Waals surface area contributed by atoms with Crippen molar-refractivity contribution in [3.63, 3.8) is 0 Å². The summed E-state index contributed by atoms with van der Waals surface area (Å²) in [7, 11) is -2.63. The molecule has 1 aliphatic rings. The van der Waals surface area contributed by atoms with Crippen LogP contribution in [0.15, 0.2) is 71.6 Å². The number of piperazine rings is 1. The molecule has 0 aromatic heterocycles. The lowest BCUT2D eigenvalue weighted by Gasteiger charge is -2.36. The average Bonchev–Trinajstić information content (AvgIpc) is 2.83. The van der Waals surface area contributed by atoms with Crippen molar-refractivity contribution in [2.45, 2.75) is 4.90 Å². The molecule has 3 aromatic carbocycles. The number of carbonyl (C=O) groups is 1. The minimum absolute atomic E-state index is 0.154. The number of rotatable bonds is 6. The minimum Gasteiger partial charge on any atom is -0.495 e. The van der Waals surface area contributed by atoms with Crippen molar-refractivity contribution in [3.05, 3.63) is 83.9 Å². The lowest BCUT2D eigenvalue weighted by Crippen LogP contribution is -2.48. The van der Waals surface area contributed by atoms with Crippen LogP contribution in [0.25, 0.3) is 0 Å². The zero-order valence-electron chi connectivity index (χ0n) is 18.4. The van der Waals surface area contributed by atoms with Crippen molar-refractivity contribution in [1.29, 1.82) is 0 Å². The Bertz CT molecular complexity index is 1290. The summed E-state index contributed by atoms with van der Waals surface area (Å²) < 4.78 is 59.5. The summed E-state index contributed by atoms with van der Waals surface area (Å²) in [4.78, 5) is 16.2. The van der Waals surface area contributed by atoms with E-state index < -0.39 is 26.6 Å². The van der Waals surface area contributed by atoms with E-state index in [2.05, 4.69) is 9.62 Å². The highest BCUT2D eigenvalue weighted by atomic mass is 32.2. The molecule has 3 aromatic rings.